The van der Waals surface area contributed by atoms with E-state index in [1.165, 1.54) is 18.4 Å². The number of thiazole rings is 1. The number of methoxy groups -OCH3 is 1. The number of hydrogen-bond acceptors (Lipinski definition) is 6. The highest BCUT2D eigenvalue weighted by Gasteiger charge is 2.13. The first kappa shape index (κ1) is 15.8. The minimum Gasteiger partial charge on any atom is -0.465 e. The Morgan fingerprint density at radius 2 is 1.96 bits per heavy atom. The maximum atomic E-state index is 12.3. The Hall–Kier alpha value is -3.06. The number of ether oxygens (including phenoxy) is 1. The number of nitrogens with one attached hydrogen (secondary N) is 1. The van der Waals surface area contributed by atoms with Crippen LogP contribution in [-0.4, -0.2) is 29.0 Å². The number of rotatable bonds is 4. The smallest absolute Gasteiger partial charge is 0.337 e. The lowest BCUT2D eigenvalue weighted by Gasteiger charge is -2.05. The third-order valence-electron chi connectivity index (χ3n) is 3.21. The molecule has 3 rings (SSSR count). The van der Waals surface area contributed by atoms with Gasteiger partial charge in [-0.05, 0) is 30.3 Å². The number of esters is 1. The van der Waals surface area contributed by atoms with Crippen LogP contribution in [0.3, 0.4) is 0 Å². The molecule has 0 saturated carbocycles. The molecule has 7 heteroatoms. The summed E-state index contributed by atoms with van der Waals surface area (Å²) in [6, 6.07) is 10.2. The Morgan fingerprint density at radius 3 is 2.71 bits per heavy atom. The number of amides is 1. The van der Waals surface area contributed by atoms with Gasteiger partial charge in [-0.2, -0.15) is 0 Å². The van der Waals surface area contributed by atoms with Gasteiger partial charge >= 0.3 is 5.97 Å². The van der Waals surface area contributed by atoms with Gasteiger partial charge in [-0.25, -0.2) is 9.78 Å². The molecular weight excluding hydrogens is 326 g/mol. The first-order valence-corrected chi connectivity index (χ1v) is 7.91. The predicted molar refractivity (Wildman–Crippen MR) is 91.1 cm³/mol. The molecule has 0 spiro atoms. The van der Waals surface area contributed by atoms with Crippen molar-refractivity contribution in [3.8, 4) is 10.6 Å². The molecule has 0 unspecified atom stereocenters. The lowest BCUT2D eigenvalue weighted by atomic mass is 10.2. The summed E-state index contributed by atoms with van der Waals surface area (Å²) in [7, 11) is 1.31. The predicted octanol–water partition coefficient (Wildman–Crippen LogP) is 3.24. The quantitative estimate of drug-likeness (QED) is 0.738. The molecule has 24 heavy (non-hydrogen) atoms. The number of anilines is 1. The van der Waals surface area contributed by atoms with Crippen molar-refractivity contribution >= 4 is 28.9 Å². The van der Waals surface area contributed by atoms with Gasteiger partial charge in [0.25, 0.3) is 5.91 Å². The number of hydrogen-bond donors (Lipinski definition) is 1. The highest BCUT2D eigenvalue weighted by Crippen LogP contribution is 2.23. The lowest BCUT2D eigenvalue weighted by molar-refractivity contribution is 0.0600. The van der Waals surface area contributed by atoms with E-state index in [1.807, 2.05) is 12.1 Å². The summed E-state index contributed by atoms with van der Waals surface area (Å²) in [6.45, 7) is 0. The average molecular weight is 339 g/mol. The summed E-state index contributed by atoms with van der Waals surface area (Å²) in [5.41, 5.74) is 2.09. The van der Waals surface area contributed by atoms with Crippen LogP contribution in [0.25, 0.3) is 10.6 Å². The number of carbonyl (C=O) groups excluding carboxylic acids is 2. The number of pyridine rings is 1. The van der Waals surface area contributed by atoms with E-state index in [9.17, 15) is 9.59 Å². The van der Waals surface area contributed by atoms with Crippen LogP contribution in [0.15, 0.2) is 54.2 Å². The van der Waals surface area contributed by atoms with Gasteiger partial charge in [0.15, 0.2) is 0 Å². The zero-order chi connectivity index (χ0) is 16.9. The van der Waals surface area contributed by atoms with Crippen LogP contribution in [0.1, 0.15) is 20.8 Å². The SMILES string of the molecule is COC(=O)c1cccc(NC(=O)c2csc(-c3ccncc3)n2)c1. The summed E-state index contributed by atoms with van der Waals surface area (Å²) in [5, 5.41) is 5.16. The fourth-order valence-corrected chi connectivity index (χ4v) is 2.85. The molecule has 0 bridgehead atoms. The van der Waals surface area contributed by atoms with E-state index >= 15 is 0 Å². The second-order valence-corrected chi connectivity index (χ2v) is 5.66. The highest BCUT2D eigenvalue weighted by molar-refractivity contribution is 7.13. The van der Waals surface area contributed by atoms with E-state index in [4.69, 9.17) is 0 Å². The van der Waals surface area contributed by atoms with Crippen LogP contribution in [0.2, 0.25) is 0 Å². The Morgan fingerprint density at radius 1 is 1.17 bits per heavy atom. The molecule has 0 radical (unpaired) electrons. The molecule has 120 valence electrons. The van der Waals surface area contributed by atoms with Crippen LogP contribution >= 0.6 is 11.3 Å². The van der Waals surface area contributed by atoms with Gasteiger partial charge in [0.2, 0.25) is 0 Å². The Balaban J connectivity index is 1.76. The Bertz CT molecular complexity index is 878. The van der Waals surface area contributed by atoms with Crippen molar-refractivity contribution in [2.24, 2.45) is 0 Å². The van der Waals surface area contributed by atoms with Gasteiger partial charge in [-0.1, -0.05) is 6.07 Å². The van der Waals surface area contributed by atoms with Crippen molar-refractivity contribution < 1.29 is 14.3 Å². The Kier molecular flexibility index (Phi) is 4.62. The van der Waals surface area contributed by atoms with Crippen molar-refractivity contribution in [1.29, 1.82) is 0 Å². The molecule has 0 atom stereocenters. The summed E-state index contributed by atoms with van der Waals surface area (Å²) in [6.07, 6.45) is 3.35. The van der Waals surface area contributed by atoms with E-state index in [0.29, 0.717) is 16.9 Å². The maximum Gasteiger partial charge on any atom is 0.337 e. The van der Waals surface area contributed by atoms with Crippen molar-refractivity contribution in [3.05, 3.63) is 65.4 Å². The molecule has 0 aliphatic heterocycles. The van der Waals surface area contributed by atoms with Crippen molar-refractivity contribution in [3.63, 3.8) is 0 Å². The molecule has 0 saturated heterocycles. The van der Waals surface area contributed by atoms with E-state index < -0.39 is 5.97 Å². The van der Waals surface area contributed by atoms with Crippen molar-refractivity contribution in [2.75, 3.05) is 12.4 Å². The van der Waals surface area contributed by atoms with Crippen LogP contribution in [0.5, 0.6) is 0 Å². The number of aromatic nitrogens is 2. The third-order valence-corrected chi connectivity index (χ3v) is 4.10. The minimum absolute atomic E-state index is 0.315. The molecule has 0 fully saturated rings. The number of nitrogens with zero attached hydrogens (tertiary/aromatic N) is 2. The molecule has 1 N–H and O–H groups in total. The van der Waals surface area contributed by atoms with Crippen LogP contribution in [0, 0.1) is 0 Å². The van der Waals surface area contributed by atoms with Crippen LogP contribution in [-0.2, 0) is 4.74 Å². The number of benzene rings is 1. The van der Waals surface area contributed by atoms with Gasteiger partial charge in [0, 0.05) is 29.0 Å². The second kappa shape index (κ2) is 7.01. The minimum atomic E-state index is -0.459. The molecule has 6 nitrogen and oxygen atoms in total. The summed E-state index contributed by atoms with van der Waals surface area (Å²) in [4.78, 5) is 32.1. The zero-order valence-electron chi connectivity index (χ0n) is 12.7. The normalized spacial score (nSPS) is 10.2. The molecule has 0 aliphatic rings. The summed E-state index contributed by atoms with van der Waals surface area (Å²) in [5.74, 6) is -0.798. The molecule has 2 aromatic heterocycles. The van der Waals surface area contributed by atoms with Gasteiger partial charge < -0.3 is 10.1 Å². The lowest BCUT2D eigenvalue weighted by Crippen LogP contribution is -2.13. The first-order chi connectivity index (χ1) is 11.7. The van der Waals surface area contributed by atoms with Crippen LogP contribution in [0.4, 0.5) is 5.69 Å². The summed E-state index contributed by atoms with van der Waals surface area (Å²) < 4.78 is 4.67. The zero-order valence-corrected chi connectivity index (χ0v) is 13.5. The molecule has 2 heterocycles. The van der Waals surface area contributed by atoms with Gasteiger partial charge in [0.05, 0.1) is 12.7 Å². The van der Waals surface area contributed by atoms with Gasteiger partial charge in [-0.15, -0.1) is 11.3 Å². The maximum absolute atomic E-state index is 12.3. The third kappa shape index (κ3) is 3.47. The standard InChI is InChI=1S/C17H13N3O3S/c1-23-17(22)12-3-2-4-13(9-12)19-15(21)14-10-24-16(20-14)11-5-7-18-8-6-11/h2-10H,1H3,(H,19,21). The number of carbonyl (C=O) groups is 2. The van der Waals surface area contributed by atoms with E-state index in [0.717, 1.165) is 10.6 Å². The van der Waals surface area contributed by atoms with Gasteiger partial charge in [-0.3, -0.25) is 9.78 Å². The van der Waals surface area contributed by atoms with Crippen molar-refractivity contribution in [2.45, 2.75) is 0 Å². The highest BCUT2D eigenvalue weighted by atomic mass is 32.1. The molecule has 0 aliphatic carbocycles. The molecular formula is C17H13N3O3S. The topological polar surface area (TPSA) is 81.2 Å². The van der Waals surface area contributed by atoms with E-state index in [2.05, 4.69) is 20.0 Å². The van der Waals surface area contributed by atoms with E-state index in [1.54, 1.807) is 42.0 Å². The largest absolute Gasteiger partial charge is 0.465 e. The fraction of sp³-hybridized carbons (Fsp3) is 0.0588. The first-order valence-electron chi connectivity index (χ1n) is 7.03. The monoisotopic (exact) mass is 339 g/mol. The average Bonchev–Trinajstić information content (AvgIpc) is 3.12. The fourth-order valence-electron chi connectivity index (χ4n) is 2.04. The second-order valence-electron chi connectivity index (χ2n) is 4.80. The Labute approximate surface area is 142 Å². The molecule has 1 aromatic carbocycles. The van der Waals surface area contributed by atoms with Gasteiger partial charge in [0.1, 0.15) is 10.7 Å². The summed E-state index contributed by atoms with van der Waals surface area (Å²) >= 11 is 1.38. The van der Waals surface area contributed by atoms with Crippen LogP contribution < -0.4 is 5.32 Å². The van der Waals surface area contributed by atoms with Crippen molar-refractivity contribution in [1.82, 2.24) is 9.97 Å². The molecule has 3 aromatic rings. The molecule has 1 amide bonds. The van der Waals surface area contributed by atoms with E-state index in [-0.39, 0.29) is 5.91 Å².